The van der Waals surface area contributed by atoms with E-state index >= 15 is 0 Å². The molecule has 0 amide bonds. The second-order valence-electron chi connectivity index (χ2n) is 3.45. The van der Waals surface area contributed by atoms with Crippen LogP contribution in [-0.2, 0) is 13.6 Å². The topological polar surface area (TPSA) is 44.9 Å². The fourth-order valence-corrected chi connectivity index (χ4v) is 1.65. The molecule has 1 fully saturated rings. The molecule has 1 aromatic rings. The Morgan fingerprint density at radius 2 is 2.46 bits per heavy atom. The summed E-state index contributed by atoms with van der Waals surface area (Å²) in [5.41, 5.74) is 1.05. The van der Waals surface area contributed by atoms with E-state index < -0.39 is 0 Å². The van der Waals surface area contributed by atoms with Crippen molar-refractivity contribution in [2.24, 2.45) is 7.05 Å². The molecule has 0 atom stereocenters. The van der Waals surface area contributed by atoms with Crippen molar-refractivity contribution in [1.82, 2.24) is 14.7 Å². The maximum Gasteiger partial charge on any atom is 0.0961 e. The number of rotatable bonds is 2. The molecule has 1 aliphatic heterocycles. The van der Waals surface area contributed by atoms with Crippen molar-refractivity contribution >= 4 is 5.84 Å². The van der Waals surface area contributed by atoms with Crippen LogP contribution in [0.25, 0.3) is 0 Å². The first-order valence-electron chi connectivity index (χ1n) is 4.56. The first-order valence-corrected chi connectivity index (χ1v) is 4.56. The van der Waals surface area contributed by atoms with Crippen molar-refractivity contribution in [3.63, 3.8) is 0 Å². The first kappa shape index (κ1) is 8.29. The first-order chi connectivity index (χ1) is 6.25. The molecule has 0 saturated carbocycles. The Morgan fingerprint density at radius 3 is 3.00 bits per heavy atom. The third kappa shape index (κ3) is 1.71. The minimum atomic E-state index is 0.755. The molecule has 0 bridgehead atoms. The zero-order valence-corrected chi connectivity index (χ0v) is 7.82. The predicted molar refractivity (Wildman–Crippen MR) is 50.6 cm³/mol. The Bertz CT molecular complexity index is 315. The fourth-order valence-electron chi connectivity index (χ4n) is 1.65. The van der Waals surface area contributed by atoms with E-state index in [0.29, 0.717) is 0 Å². The molecule has 1 N–H and O–H groups in total. The summed E-state index contributed by atoms with van der Waals surface area (Å²) in [7, 11) is 1.92. The minimum absolute atomic E-state index is 0.755. The molecular weight excluding hydrogens is 164 g/mol. The lowest BCUT2D eigenvalue weighted by molar-refractivity contribution is 0.437. The van der Waals surface area contributed by atoms with Crippen LogP contribution in [0.5, 0.6) is 0 Å². The molecule has 1 aromatic heterocycles. The lowest BCUT2D eigenvalue weighted by atomic mass is 10.4. The lowest BCUT2D eigenvalue weighted by Gasteiger charge is -2.15. The van der Waals surface area contributed by atoms with Gasteiger partial charge in [-0.1, -0.05) is 0 Å². The van der Waals surface area contributed by atoms with Gasteiger partial charge in [0.05, 0.1) is 18.1 Å². The Kier molecular flexibility index (Phi) is 2.04. The third-order valence-corrected chi connectivity index (χ3v) is 2.35. The Balaban J connectivity index is 2.01. The van der Waals surface area contributed by atoms with Crippen LogP contribution in [0.2, 0.25) is 0 Å². The number of hydrogen-bond donors (Lipinski definition) is 1. The number of hydrogen-bond acceptors (Lipinski definition) is 2. The summed E-state index contributed by atoms with van der Waals surface area (Å²) in [6.07, 6.45) is 3.98. The van der Waals surface area contributed by atoms with Gasteiger partial charge in [-0.3, -0.25) is 10.1 Å². The van der Waals surface area contributed by atoms with Crippen molar-refractivity contribution in [1.29, 1.82) is 5.41 Å². The van der Waals surface area contributed by atoms with E-state index in [1.54, 1.807) is 4.68 Å². The number of likely N-dealkylation sites (tertiary alicyclic amines) is 1. The summed E-state index contributed by atoms with van der Waals surface area (Å²) in [4.78, 5) is 2.09. The molecule has 13 heavy (non-hydrogen) atoms. The van der Waals surface area contributed by atoms with E-state index in [4.69, 9.17) is 5.41 Å². The summed E-state index contributed by atoms with van der Waals surface area (Å²) in [5, 5.41) is 11.9. The number of nitrogens with one attached hydrogen (secondary N) is 1. The average Bonchev–Trinajstić information content (AvgIpc) is 2.64. The molecule has 1 saturated heterocycles. The Hall–Kier alpha value is -1.32. The van der Waals surface area contributed by atoms with Crippen molar-refractivity contribution < 1.29 is 0 Å². The van der Waals surface area contributed by atoms with Crippen LogP contribution in [0.4, 0.5) is 0 Å². The van der Waals surface area contributed by atoms with Gasteiger partial charge in [0.1, 0.15) is 0 Å². The molecule has 0 unspecified atom stereocenters. The fraction of sp³-hybridized carbons (Fsp3) is 0.556. The summed E-state index contributed by atoms with van der Waals surface area (Å²) in [5.74, 6) is 0.755. The molecule has 2 heterocycles. The monoisotopic (exact) mass is 178 g/mol. The average molecular weight is 178 g/mol. The van der Waals surface area contributed by atoms with Crippen LogP contribution in [0.3, 0.4) is 0 Å². The molecule has 4 heteroatoms. The highest BCUT2D eigenvalue weighted by atomic mass is 15.3. The van der Waals surface area contributed by atoms with E-state index in [9.17, 15) is 0 Å². The Morgan fingerprint density at radius 1 is 1.62 bits per heavy atom. The largest absolute Gasteiger partial charge is 0.355 e. The van der Waals surface area contributed by atoms with Gasteiger partial charge in [0, 0.05) is 26.2 Å². The number of aryl methyl sites for hydroxylation is 1. The third-order valence-electron chi connectivity index (χ3n) is 2.35. The molecule has 2 rings (SSSR count). The van der Waals surface area contributed by atoms with Crippen molar-refractivity contribution in [3.8, 4) is 0 Å². The quantitative estimate of drug-likeness (QED) is 0.734. The molecule has 0 radical (unpaired) electrons. The van der Waals surface area contributed by atoms with Gasteiger partial charge in [-0.25, -0.2) is 0 Å². The smallest absolute Gasteiger partial charge is 0.0961 e. The molecular formula is C9H14N4. The van der Waals surface area contributed by atoms with Gasteiger partial charge in [-0.2, -0.15) is 5.10 Å². The predicted octanol–water partition coefficient (Wildman–Crippen LogP) is 0.993. The van der Waals surface area contributed by atoms with Crippen LogP contribution >= 0.6 is 0 Å². The van der Waals surface area contributed by atoms with Gasteiger partial charge in [0.2, 0.25) is 0 Å². The van der Waals surface area contributed by atoms with Gasteiger partial charge in [-0.05, 0) is 12.5 Å². The Labute approximate surface area is 77.7 Å². The van der Waals surface area contributed by atoms with E-state index in [0.717, 1.165) is 37.5 Å². The van der Waals surface area contributed by atoms with Crippen molar-refractivity contribution in [2.45, 2.75) is 19.4 Å². The zero-order valence-electron chi connectivity index (χ0n) is 7.82. The highest BCUT2D eigenvalue weighted by Crippen LogP contribution is 2.12. The maximum absolute atomic E-state index is 7.65. The van der Waals surface area contributed by atoms with E-state index in [-0.39, 0.29) is 0 Å². The van der Waals surface area contributed by atoms with Crippen LogP contribution in [0.15, 0.2) is 12.3 Å². The molecule has 0 aliphatic carbocycles. The van der Waals surface area contributed by atoms with Gasteiger partial charge in [0.15, 0.2) is 0 Å². The summed E-state index contributed by atoms with van der Waals surface area (Å²) in [6.45, 7) is 1.80. The van der Waals surface area contributed by atoms with E-state index in [1.807, 2.05) is 19.3 Å². The van der Waals surface area contributed by atoms with E-state index in [2.05, 4.69) is 10.00 Å². The summed E-state index contributed by atoms with van der Waals surface area (Å²) >= 11 is 0. The molecule has 0 spiro atoms. The SMILES string of the molecule is Cn1ccc(CN2CCCC2=N)n1. The van der Waals surface area contributed by atoms with E-state index in [1.165, 1.54) is 0 Å². The van der Waals surface area contributed by atoms with Gasteiger partial charge >= 0.3 is 0 Å². The summed E-state index contributed by atoms with van der Waals surface area (Å²) < 4.78 is 1.80. The second-order valence-corrected chi connectivity index (χ2v) is 3.45. The van der Waals surface area contributed by atoms with Crippen molar-refractivity contribution in [3.05, 3.63) is 18.0 Å². The second kappa shape index (κ2) is 3.20. The number of amidine groups is 1. The van der Waals surface area contributed by atoms with Crippen LogP contribution < -0.4 is 0 Å². The normalized spacial score (nSPS) is 17.0. The molecule has 4 nitrogen and oxygen atoms in total. The standard InChI is InChI=1S/C9H14N4/c1-12-6-4-8(11-12)7-13-5-2-3-9(13)10/h4,6,10H,2-3,5,7H2,1H3. The number of aromatic nitrogens is 2. The number of nitrogens with zero attached hydrogens (tertiary/aromatic N) is 3. The highest BCUT2D eigenvalue weighted by molar-refractivity contribution is 5.80. The van der Waals surface area contributed by atoms with Crippen molar-refractivity contribution in [2.75, 3.05) is 6.54 Å². The maximum atomic E-state index is 7.65. The molecule has 0 aromatic carbocycles. The van der Waals surface area contributed by atoms with Crippen LogP contribution in [0.1, 0.15) is 18.5 Å². The van der Waals surface area contributed by atoms with Crippen LogP contribution in [-0.4, -0.2) is 27.1 Å². The van der Waals surface area contributed by atoms with Gasteiger partial charge in [-0.15, -0.1) is 0 Å². The molecule has 70 valence electrons. The molecule has 1 aliphatic rings. The van der Waals surface area contributed by atoms with Crippen LogP contribution in [0, 0.1) is 5.41 Å². The zero-order chi connectivity index (χ0) is 9.26. The van der Waals surface area contributed by atoms with Gasteiger partial charge < -0.3 is 4.90 Å². The highest BCUT2D eigenvalue weighted by Gasteiger charge is 2.17. The summed E-state index contributed by atoms with van der Waals surface area (Å²) in [6, 6.07) is 2.01. The van der Waals surface area contributed by atoms with Gasteiger partial charge in [0.25, 0.3) is 0 Å². The lowest BCUT2D eigenvalue weighted by Crippen LogP contribution is -2.23. The minimum Gasteiger partial charge on any atom is -0.355 e.